The van der Waals surface area contributed by atoms with Crippen molar-refractivity contribution in [1.29, 1.82) is 0 Å². The number of hydrogen-bond acceptors (Lipinski definition) is 5. The molecule has 2 amide bonds. The lowest BCUT2D eigenvalue weighted by Gasteiger charge is -2.36. The van der Waals surface area contributed by atoms with Crippen LogP contribution in [0.5, 0.6) is 0 Å². The van der Waals surface area contributed by atoms with Crippen LogP contribution in [0.15, 0.2) is 42.5 Å². The minimum absolute atomic E-state index is 0.147. The van der Waals surface area contributed by atoms with Crippen LogP contribution < -0.4 is 10.2 Å². The Morgan fingerprint density at radius 3 is 2.57 bits per heavy atom. The average Bonchev–Trinajstić information content (AvgIpc) is 2.76. The fourth-order valence-corrected chi connectivity index (χ4v) is 3.56. The second kappa shape index (κ2) is 10.3. The van der Waals surface area contributed by atoms with Gasteiger partial charge < -0.3 is 15.3 Å². The van der Waals surface area contributed by atoms with E-state index in [1.165, 1.54) is 7.05 Å². The summed E-state index contributed by atoms with van der Waals surface area (Å²) >= 11 is 6.10. The summed E-state index contributed by atoms with van der Waals surface area (Å²) in [5.74, 6) is 0.604. The van der Waals surface area contributed by atoms with E-state index >= 15 is 0 Å². The first-order chi connectivity index (χ1) is 14.5. The van der Waals surface area contributed by atoms with Gasteiger partial charge in [0.1, 0.15) is 12.4 Å². The molecule has 2 heterocycles. The third-order valence-electron chi connectivity index (χ3n) is 5.12. The van der Waals surface area contributed by atoms with E-state index < -0.39 is 6.09 Å². The number of nitrogens with one attached hydrogen (secondary N) is 1. The molecule has 0 bridgehead atoms. The molecule has 0 spiro atoms. The zero-order valence-corrected chi connectivity index (χ0v) is 17.7. The number of amides is 2. The SMILES string of the molecule is CNC(=O)CN(CCN1CCN(c2cccc(-c3cccc(Cl)c3)n2)CC1)C(=O)O. The highest BCUT2D eigenvalue weighted by Crippen LogP contribution is 2.23. The van der Waals surface area contributed by atoms with Crippen molar-refractivity contribution in [2.24, 2.45) is 0 Å². The highest BCUT2D eigenvalue weighted by atomic mass is 35.5. The molecule has 160 valence electrons. The molecule has 1 aliphatic heterocycles. The van der Waals surface area contributed by atoms with Gasteiger partial charge in [-0.15, -0.1) is 0 Å². The summed E-state index contributed by atoms with van der Waals surface area (Å²) in [5.41, 5.74) is 1.86. The molecule has 0 aliphatic carbocycles. The maximum atomic E-state index is 11.5. The van der Waals surface area contributed by atoms with Crippen molar-refractivity contribution < 1.29 is 14.7 Å². The van der Waals surface area contributed by atoms with Crippen molar-refractivity contribution in [2.45, 2.75) is 0 Å². The van der Waals surface area contributed by atoms with Crippen LogP contribution >= 0.6 is 11.6 Å². The highest BCUT2D eigenvalue weighted by Gasteiger charge is 2.21. The number of nitrogens with zero attached hydrogens (tertiary/aromatic N) is 4. The van der Waals surface area contributed by atoms with Gasteiger partial charge >= 0.3 is 6.09 Å². The Kier molecular flexibility index (Phi) is 7.48. The van der Waals surface area contributed by atoms with E-state index in [-0.39, 0.29) is 12.5 Å². The van der Waals surface area contributed by atoms with Gasteiger partial charge in [-0.1, -0.05) is 29.8 Å². The van der Waals surface area contributed by atoms with Crippen molar-refractivity contribution in [3.05, 3.63) is 47.5 Å². The summed E-state index contributed by atoms with van der Waals surface area (Å²) in [6.07, 6.45) is -1.08. The van der Waals surface area contributed by atoms with Crippen molar-refractivity contribution in [2.75, 3.05) is 57.8 Å². The van der Waals surface area contributed by atoms with Crippen LogP contribution in [0.4, 0.5) is 10.6 Å². The summed E-state index contributed by atoms with van der Waals surface area (Å²) < 4.78 is 0. The number of rotatable bonds is 7. The van der Waals surface area contributed by atoms with Crippen LogP contribution in [0, 0.1) is 0 Å². The van der Waals surface area contributed by atoms with Gasteiger partial charge in [-0.3, -0.25) is 14.6 Å². The summed E-state index contributed by atoms with van der Waals surface area (Å²) in [6, 6.07) is 13.6. The molecule has 3 rings (SSSR count). The number of aromatic nitrogens is 1. The lowest BCUT2D eigenvalue weighted by Crippen LogP contribution is -2.50. The van der Waals surface area contributed by atoms with Crippen LogP contribution in [0.2, 0.25) is 5.02 Å². The fourth-order valence-electron chi connectivity index (χ4n) is 3.37. The summed E-state index contributed by atoms with van der Waals surface area (Å²) in [7, 11) is 1.50. The maximum Gasteiger partial charge on any atom is 0.407 e. The lowest BCUT2D eigenvalue weighted by atomic mass is 10.1. The number of hydrogen-bond donors (Lipinski definition) is 2. The number of carbonyl (C=O) groups is 2. The third-order valence-corrected chi connectivity index (χ3v) is 5.36. The average molecular weight is 432 g/mol. The van der Waals surface area contributed by atoms with Crippen molar-refractivity contribution in [1.82, 2.24) is 20.1 Å². The van der Waals surface area contributed by atoms with E-state index in [9.17, 15) is 14.7 Å². The Morgan fingerprint density at radius 1 is 1.17 bits per heavy atom. The molecular formula is C21H26ClN5O3. The van der Waals surface area contributed by atoms with Crippen molar-refractivity contribution in [3.63, 3.8) is 0 Å². The summed E-state index contributed by atoms with van der Waals surface area (Å²) in [6.45, 7) is 3.94. The molecule has 30 heavy (non-hydrogen) atoms. The zero-order valence-electron chi connectivity index (χ0n) is 16.9. The Balaban J connectivity index is 1.55. The van der Waals surface area contributed by atoms with Gasteiger partial charge in [0, 0.05) is 56.9 Å². The Labute approximate surface area is 181 Å². The Morgan fingerprint density at radius 2 is 1.90 bits per heavy atom. The number of carboxylic acid groups (broad SMARTS) is 1. The molecule has 1 saturated heterocycles. The third kappa shape index (κ3) is 5.84. The number of benzene rings is 1. The number of likely N-dealkylation sites (N-methyl/N-ethyl adjacent to an activating group) is 1. The predicted octanol–water partition coefficient (Wildman–Crippen LogP) is 2.25. The van der Waals surface area contributed by atoms with Crippen molar-refractivity contribution in [3.8, 4) is 11.3 Å². The molecule has 1 aromatic heterocycles. The van der Waals surface area contributed by atoms with Crippen LogP contribution in [0.3, 0.4) is 0 Å². The summed E-state index contributed by atoms with van der Waals surface area (Å²) in [5, 5.41) is 12.4. The van der Waals surface area contributed by atoms with Crippen LogP contribution in [0.25, 0.3) is 11.3 Å². The normalized spacial score (nSPS) is 14.4. The molecule has 0 atom stereocenters. The number of halogens is 1. The molecule has 1 fully saturated rings. The van der Waals surface area contributed by atoms with Gasteiger partial charge in [-0.2, -0.15) is 0 Å². The van der Waals surface area contributed by atoms with Gasteiger partial charge in [0.2, 0.25) is 5.91 Å². The molecule has 1 aromatic carbocycles. The van der Waals surface area contributed by atoms with Gasteiger partial charge in [0.15, 0.2) is 0 Å². The first-order valence-electron chi connectivity index (χ1n) is 9.85. The molecule has 0 unspecified atom stereocenters. The van der Waals surface area contributed by atoms with Gasteiger partial charge in [-0.05, 0) is 24.3 Å². The van der Waals surface area contributed by atoms with Gasteiger partial charge in [-0.25, -0.2) is 9.78 Å². The zero-order chi connectivity index (χ0) is 21.5. The minimum atomic E-state index is -1.08. The molecule has 1 aliphatic rings. The molecule has 2 N–H and O–H groups in total. The van der Waals surface area contributed by atoms with E-state index in [1.54, 1.807) is 0 Å². The van der Waals surface area contributed by atoms with Gasteiger partial charge in [0.25, 0.3) is 0 Å². The molecule has 8 nitrogen and oxygen atoms in total. The van der Waals surface area contributed by atoms with E-state index in [4.69, 9.17) is 16.6 Å². The van der Waals surface area contributed by atoms with Crippen LogP contribution in [0.1, 0.15) is 0 Å². The maximum absolute atomic E-state index is 11.5. The molecule has 2 aromatic rings. The van der Waals surface area contributed by atoms with Crippen LogP contribution in [-0.4, -0.2) is 84.8 Å². The molecule has 0 radical (unpaired) electrons. The topological polar surface area (TPSA) is 89.0 Å². The Hall–Kier alpha value is -2.84. The van der Waals surface area contributed by atoms with Crippen molar-refractivity contribution >= 4 is 29.4 Å². The molecule has 9 heteroatoms. The number of carbonyl (C=O) groups excluding carboxylic acids is 1. The standard InChI is InChI=1S/C21H26ClN5O3/c1-23-20(28)15-27(21(29)30)13-10-25-8-11-26(12-9-25)19-7-3-6-18(24-19)16-4-2-5-17(22)14-16/h2-7,14H,8-13,15H2,1H3,(H,23,28)(H,29,30). The number of anilines is 1. The lowest BCUT2D eigenvalue weighted by molar-refractivity contribution is -0.121. The first kappa shape index (κ1) is 21.9. The fraction of sp³-hybridized carbons (Fsp3) is 0.381. The second-order valence-corrected chi connectivity index (χ2v) is 7.53. The van der Waals surface area contributed by atoms with E-state index in [0.29, 0.717) is 18.1 Å². The van der Waals surface area contributed by atoms with Gasteiger partial charge in [0.05, 0.1) is 5.69 Å². The first-order valence-corrected chi connectivity index (χ1v) is 10.2. The smallest absolute Gasteiger partial charge is 0.407 e. The number of piperazine rings is 1. The number of pyridine rings is 1. The summed E-state index contributed by atoms with van der Waals surface area (Å²) in [4.78, 5) is 33.2. The molecule has 0 saturated carbocycles. The quantitative estimate of drug-likeness (QED) is 0.699. The van der Waals surface area contributed by atoms with E-state index in [0.717, 1.165) is 48.2 Å². The van der Waals surface area contributed by atoms with E-state index in [1.807, 2.05) is 42.5 Å². The second-order valence-electron chi connectivity index (χ2n) is 7.10. The highest BCUT2D eigenvalue weighted by molar-refractivity contribution is 6.30. The molecular weight excluding hydrogens is 406 g/mol. The minimum Gasteiger partial charge on any atom is -0.465 e. The van der Waals surface area contributed by atoms with E-state index in [2.05, 4.69) is 15.1 Å². The monoisotopic (exact) mass is 431 g/mol. The Bertz CT molecular complexity index is 886. The predicted molar refractivity (Wildman–Crippen MR) is 117 cm³/mol. The largest absolute Gasteiger partial charge is 0.465 e. The van der Waals surface area contributed by atoms with Crippen LogP contribution in [-0.2, 0) is 4.79 Å².